The first-order valence-electron chi connectivity index (χ1n) is 9.57. The topological polar surface area (TPSA) is 95.3 Å². The number of hydrogen-bond donors (Lipinski definition) is 2. The normalized spacial score (nSPS) is 11.2. The smallest absolute Gasteiger partial charge is 0.193 e. The van der Waals surface area contributed by atoms with Crippen LogP contribution in [0, 0.1) is 17.1 Å². The highest BCUT2D eigenvalue weighted by molar-refractivity contribution is 5.79. The maximum Gasteiger partial charge on any atom is 0.193 e. The van der Waals surface area contributed by atoms with E-state index in [1.54, 1.807) is 19.2 Å². The van der Waals surface area contributed by atoms with E-state index < -0.39 is 0 Å². The van der Waals surface area contributed by atoms with Crippen molar-refractivity contribution in [2.75, 3.05) is 32.9 Å². The number of aliphatic imine (C=N–C) groups is 1. The highest BCUT2D eigenvalue weighted by Crippen LogP contribution is 2.21. The van der Waals surface area contributed by atoms with Crippen molar-refractivity contribution in [2.24, 2.45) is 4.99 Å². The molecule has 0 aliphatic carbocycles. The van der Waals surface area contributed by atoms with Crippen LogP contribution in [-0.4, -0.2) is 47.8 Å². The minimum Gasteiger partial charge on any atom is -0.382 e. The van der Waals surface area contributed by atoms with E-state index in [0.717, 1.165) is 31.8 Å². The number of hydrogen-bond acceptors (Lipinski definition) is 4. The van der Waals surface area contributed by atoms with Crippen LogP contribution in [0.25, 0.3) is 5.69 Å². The summed E-state index contributed by atoms with van der Waals surface area (Å²) in [7, 11) is 3.75. The minimum atomic E-state index is -0.339. The molecule has 0 radical (unpaired) electrons. The van der Waals surface area contributed by atoms with Crippen LogP contribution >= 0.6 is 0 Å². The van der Waals surface area contributed by atoms with Crippen LogP contribution in [-0.2, 0) is 6.42 Å². The van der Waals surface area contributed by atoms with Crippen molar-refractivity contribution in [1.82, 2.24) is 20.0 Å². The molecule has 0 unspecified atom stereocenters. The van der Waals surface area contributed by atoms with Gasteiger partial charge < -0.3 is 16.0 Å². The van der Waals surface area contributed by atoms with E-state index in [0.29, 0.717) is 29.9 Å². The Kier molecular flexibility index (Phi) is 8.22. The predicted molar refractivity (Wildman–Crippen MR) is 114 cm³/mol. The quantitative estimate of drug-likeness (QED) is 0.294. The van der Waals surface area contributed by atoms with Crippen LogP contribution < -0.4 is 11.1 Å². The first-order chi connectivity index (χ1) is 14.0. The highest BCUT2D eigenvalue weighted by Gasteiger charge is 2.16. The van der Waals surface area contributed by atoms with Crippen LogP contribution in [0.15, 0.2) is 41.9 Å². The van der Waals surface area contributed by atoms with Gasteiger partial charge in [-0.2, -0.15) is 10.4 Å². The van der Waals surface area contributed by atoms with Gasteiger partial charge in [0.05, 0.1) is 11.4 Å². The molecule has 2 aromatic rings. The average Bonchev–Trinajstić information content (AvgIpc) is 3.04. The average molecular weight is 398 g/mol. The lowest BCUT2D eigenvalue weighted by Crippen LogP contribution is -2.39. The maximum atomic E-state index is 13.2. The zero-order valence-electron chi connectivity index (χ0n) is 17.0. The predicted octanol–water partition coefficient (Wildman–Crippen LogP) is 2.87. The molecule has 0 aliphatic rings. The van der Waals surface area contributed by atoms with E-state index in [4.69, 9.17) is 5.73 Å². The van der Waals surface area contributed by atoms with Gasteiger partial charge in [0, 0.05) is 27.2 Å². The number of benzene rings is 1. The van der Waals surface area contributed by atoms with Gasteiger partial charge in [-0.25, -0.2) is 9.07 Å². The Morgan fingerprint density at radius 3 is 2.76 bits per heavy atom. The van der Waals surface area contributed by atoms with Crippen molar-refractivity contribution in [2.45, 2.75) is 25.7 Å². The first kappa shape index (κ1) is 22.0. The summed E-state index contributed by atoms with van der Waals surface area (Å²) in [6.45, 7) is 5.32. The number of guanidine groups is 1. The molecule has 0 bridgehead atoms. The largest absolute Gasteiger partial charge is 0.382 e. The lowest BCUT2D eigenvalue weighted by Gasteiger charge is -2.21. The second-order valence-corrected chi connectivity index (χ2v) is 6.64. The van der Waals surface area contributed by atoms with Gasteiger partial charge in [-0.1, -0.05) is 6.08 Å². The molecule has 0 saturated heterocycles. The monoisotopic (exact) mass is 397 g/mol. The Morgan fingerprint density at radius 2 is 2.14 bits per heavy atom. The van der Waals surface area contributed by atoms with E-state index in [2.05, 4.69) is 33.0 Å². The molecule has 1 heterocycles. The lowest BCUT2D eigenvalue weighted by molar-refractivity contribution is 0.469. The summed E-state index contributed by atoms with van der Waals surface area (Å²) >= 11 is 0. The number of allylic oxidation sites excluding steroid dienone is 1. The number of rotatable bonds is 9. The molecule has 2 rings (SSSR count). The minimum absolute atomic E-state index is 0.264. The summed E-state index contributed by atoms with van der Waals surface area (Å²) in [6, 6.07) is 7.96. The number of nitriles is 1. The van der Waals surface area contributed by atoms with Gasteiger partial charge in [-0.3, -0.25) is 4.99 Å². The Balaban J connectivity index is 1.97. The molecule has 1 aromatic heterocycles. The number of aryl methyl sites for hydroxylation is 1. The van der Waals surface area contributed by atoms with Gasteiger partial charge in [-0.15, -0.1) is 6.58 Å². The molecular weight excluding hydrogens is 369 g/mol. The van der Waals surface area contributed by atoms with Crippen molar-refractivity contribution in [1.29, 1.82) is 5.26 Å². The molecule has 0 aliphatic heterocycles. The number of nitrogens with two attached hydrogens (primary N) is 1. The van der Waals surface area contributed by atoms with E-state index in [-0.39, 0.29) is 11.6 Å². The molecule has 8 heteroatoms. The van der Waals surface area contributed by atoms with E-state index in [9.17, 15) is 9.65 Å². The van der Waals surface area contributed by atoms with Crippen LogP contribution in [0.3, 0.4) is 0 Å². The maximum absolute atomic E-state index is 13.2. The fourth-order valence-electron chi connectivity index (χ4n) is 2.97. The third kappa shape index (κ3) is 5.82. The molecule has 7 nitrogen and oxygen atoms in total. The summed E-state index contributed by atoms with van der Waals surface area (Å²) in [5.41, 5.74) is 7.70. The van der Waals surface area contributed by atoms with Gasteiger partial charge in [0.25, 0.3) is 0 Å². The Morgan fingerprint density at radius 1 is 1.41 bits per heavy atom. The summed E-state index contributed by atoms with van der Waals surface area (Å²) in [5.74, 6) is 0.750. The number of aromatic nitrogens is 2. The highest BCUT2D eigenvalue weighted by atomic mass is 19.1. The van der Waals surface area contributed by atoms with Crippen LogP contribution in [0.2, 0.25) is 0 Å². The fraction of sp³-hybridized carbons (Fsp3) is 0.381. The number of halogens is 1. The molecule has 29 heavy (non-hydrogen) atoms. The molecular formula is C21H28FN7. The summed E-state index contributed by atoms with van der Waals surface area (Å²) < 4.78 is 14.6. The van der Waals surface area contributed by atoms with Crippen molar-refractivity contribution in [3.05, 3.63) is 54.0 Å². The summed E-state index contributed by atoms with van der Waals surface area (Å²) in [5, 5.41) is 17.3. The van der Waals surface area contributed by atoms with Crippen molar-refractivity contribution in [3.8, 4) is 11.8 Å². The fourth-order valence-corrected chi connectivity index (χ4v) is 2.97. The van der Waals surface area contributed by atoms with E-state index >= 15 is 0 Å². The zero-order chi connectivity index (χ0) is 21.2. The van der Waals surface area contributed by atoms with Crippen molar-refractivity contribution in [3.63, 3.8) is 0 Å². The van der Waals surface area contributed by atoms with Crippen molar-refractivity contribution < 1.29 is 4.39 Å². The van der Waals surface area contributed by atoms with Crippen molar-refractivity contribution >= 4 is 11.8 Å². The number of nitrogens with zero attached hydrogens (tertiary/aromatic N) is 5. The van der Waals surface area contributed by atoms with Crippen LogP contribution in [0.1, 0.15) is 30.5 Å². The second kappa shape index (κ2) is 10.9. The van der Waals surface area contributed by atoms with Crippen LogP contribution in [0.4, 0.5) is 10.2 Å². The van der Waals surface area contributed by atoms with Crippen LogP contribution in [0.5, 0.6) is 0 Å². The third-order valence-electron chi connectivity index (χ3n) is 4.53. The molecule has 0 atom stereocenters. The molecule has 154 valence electrons. The SMILES string of the molecule is C=CCCCN(C)C(=NC)NCCCc1nn(-c2ccc(F)cc2)c(N)c1C#N. The van der Waals surface area contributed by atoms with Gasteiger partial charge in [0.2, 0.25) is 0 Å². The summed E-state index contributed by atoms with van der Waals surface area (Å²) in [4.78, 5) is 6.37. The third-order valence-corrected chi connectivity index (χ3v) is 4.53. The molecule has 0 fully saturated rings. The van der Waals surface area contributed by atoms with E-state index in [1.807, 2.05) is 13.1 Å². The Hall–Kier alpha value is -3.34. The summed E-state index contributed by atoms with van der Waals surface area (Å²) in [6.07, 6.45) is 5.25. The number of anilines is 1. The number of nitrogens with one attached hydrogen (secondary N) is 1. The standard InChI is InChI=1S/C21H28FN7/c1-4-5-6-14-28(3)21(25-2)26-13-7-8-19-18(15-23)20(24)29(27-19)17-11-9-16(22)10-12-17/h4,9-12H,1,5-8,13-14,24H2,2-3H3,(H,25,26). The molecule has 3 N–H and O–H groups in total. The molecule has 0 spiro atoms. The lowest BCUT2D eigenvalue weighted by atomic mass is 10.1. The number of unbranched alkanes of at least 4 members (excludes halogenated alkanes) is 1. The molecule has 1 aromatic carbocycles. The first-order valence-corrected chi connectivity index (χ1v) is 9.57. The molecule has 0 saturated carbocycles. The van der Waals surface area contributed by atoms with Gasteiger partial charge >= 0.3 is 0 Å². The zero-order valence-corrected chi connectivity index (χ0v) is 17.0. The second-order valence-electron chi connectivity index (χ2n) is 6.64. The van der Waals surface area contributed by atoms with E-state index in [1.165, 1.54) is 16.8 Å². The van der Waals surface area contributed by atoms with Gasteiger partial charge in [0.15, 0.2) is 5.96 Å². The number of nitrogen functional groups attached to an aromatic ring is 1. The van der Waals surface area contributed by atoms with Gasteiger partial charge in [0.1, 0.15) is 23.3 Å². The van der Waals surface area contributed by atoms with Gasteiger partial charge in [-0.05, 0) is 49.9 Å². The Bertz CT molecular complexity index is 878. The Labute approximate surface area is 171 Å². The molecule has 0 amide bonds.